The van der Waals surface area contributed by atoms with Crippen LogP contribution in [0, 0.1) is 0 Å². The quantitative estimate of drug-likeness (QED) is 0.694. The van der Waals surface area contributed by atoms with E-state index in [9.17, 15) is 0 Å². The molecule has 1 aliphatic rings. The highest BCUT2D eigenvalue weighted by Gasteiger charge is 2.19. The van der Waals surface area contributed by atoms with Crippen molar-refractivity contribution in [3.05, 3.63) is 36.6 Å². The van der Waals surface area contributed by atoms with Crippen molar-refractivity contribution in [3.8, 4) is 0 Å². The molecule has 0 bridgehead atoms. The fraction of sp³-hybridized carbons (Fsp3) is 0.538. The van der Waals surface area contributed by atoms with Crippen LogP contribution in [0.5, 0.6) is 0 Å². The first-order valence-electron chi connectivity index (χ1n) is 5.55. The number of rotatable bonds is 5. The molecule has 0 aromatic rings. The predicted molar refractivity (Wildman–Crippen MR) is 66.7 cm³/mol. The van der Waals surface area contributed by atoms with E-state index in [1.54, 1.807) is 0 Å². The van der Waals surface area contributed by atoms with Crippen molar-refractivity contribution in [2.45, 2.75) is 25.8 Å². The summed E-state index contributed by atoms with van der Waals surface area (Å²) in [6.07, 6.45) is 6.59. The largest absolute Gasteiger partial charge is 0.392 e. The summed E-state index contributed by atoms with van der Waals surface area (Å²) in [4.78, 5) is 2.46. The summed E-state index contributed by atoms with van der Waals surface area (Å²) < 4.78 is 0. The van der Waals surface area contributed by atoms with Gasteiger partial charge in [0.15, 0.2) is 0 Å². The highest BCUT2D eigenvalue weighted by Crippen LogP contribution is 2.18. The third-order valence-corrected chi connectivity index (χ3v) is 2.89. The standard InChI is InChI=1S/C13H22N2/c1-11(2)13(10-12(3)14-4)15-8-6-5-7-9-15/h5-6,13-14H,1,3,7-10H2,2,4H3. The van der Waals surface area contributed by atoms with Crippen LogP contribution >= 0.6 is 0 Å². The fourth-order valence-electron chi connectivity index (χ4n) is 1.89. The van der Waals surface area contributed by atoms with Gasteiger partial charge in [-0.1, -0.05) is 30.9 Å². The third kappa shape index (κ3) is 3.56. The van der Waals surface area contributed by atoms with Crippen molar-refractivity contribution in [1.82, 2.24) is 10.2 Å². The Morgan fingerprint density at radius 2 is 2.20 bits per heavy atom. The molecular formula is C13H22N2. The SMILES string of the molecule is C=C(CC(C(=C)C)N1CC=CCC1)NC. The molecule has 0 aromatic heterocycles. The highest BCUT2D eigenvalue weighted by atomic mass is 15.2. The molecule has 0 radical (unpaired) electrons. The van der Waals surface area contributed by atoms with Gasteiger partial charge in [0.2, 0.25) is 0 Å². The first-order valence-corrected chi connectivity index (χ1v) is 5.55. The maximum absolute atomic E-state index is 4.08. The average molecular weight is 206 g/mol. The minimum atomic E-state index is 0.426. The highest BCUT2D eigenvalue weighted by molar-refractivity contribution is 5.11. The molecule has 0 aliphatic carbocycles. The van der Waals surface area contributed by atoms with E-state index in [2.05, 4.69) is 42.5 Å². The molecule has 2 nitrogen and oxygen atoms in total. The van der Waals surface area contributed by atoms with Crippen LogP contribution in [0.15, 0.2) is 36.6 Å². The van der Waals surface area contributed by atoms with Gasteiger partial charge in [0.05, 0.1) is 0 Å². The predicted octanol–water partition coefficient (Wildman–Crippen LogP) is 2.32. The van der Waals surface area contributed by atoms with Gasteiger partial charge in [-0.25, -0.2) is 0 Å². The Kier molecular flexibility index (Phi) is 4.63. The molecule has 1 atom stereocenters. The lowest BCUT2D eigenvalue weighted by molar-refractivity contribution is 0.238. The zero-order valence-corrected chi connectivity index (χ0v) is 9.92. The van der Waals surface area contributed by atoms with Crippen molar-refractivity contribution < 1.29 is 0 Å². The Morgan fingerprint density at radius 1 is 1.47 bits per heavy atom. The van der Waals surface area contributed by atoms with E-state index >= 15 is 0 Å². The van der Waals surface area contributed by atoms with Crippen molar-refractivity contribution in [1.29, 1.82) is 0 Å². The molecule has 0 fully saturated rings. The Balaban J connectivity index is 2.60. The molecule has 0 aromatic carbocycles. The van der Waals surface area contributed by atoms with Crippen molar-refractivity contribution in [3.63, 3.8) is 0 Å². The molecular weight excluding hydrogens is 184 g/mol. The molecule has 0 saturated heterocycles. The maximum Gasteiger partial charge on any atom is 0.0359 e. The van der Waals surface area contributed by atoms with Crippen LogP contribution in [0.3, 0.4) is 0 Å². The summed E-state index contributed by atoms with van der Waals surface area (Å²) in [5.41, 5.74) is 2.30. The summed E-state index contributed by atoms with van der Waals surface area (Å²) in [6, 6.07) is 0.426. The van der Waals surface area contributed by atoms with E-state index in [4.69, 9.17) is 0 Å². The van der Waals surface area contributed by atoms with Crippen LogP contribution < -0.4 is 5.32 Å². The molecule has 1 N–H and O–H groups in total. The van der Waals surface area contributed by atoms with Crippen LogP contribution in [0.25, 0.3) is 0 Å². The summed E-state index contributed by atoms with van der Waals surface area (Å²) >= 11 is 0. The van der Waals surface area contributed by atoms with E-state index in [1.807, 2.05) is 7.05 Å². The lowest BCUT2D eigenvalue weighted by Crippen LogP contribution is -2.39. The second kappa shape index (κ2) is 5.76. The molecule has 1 rings (SSSR count). The lowest BCUT2D eigenvalue weighted by atomic mass is 10.0. The Morgan fingerprint density at radius 3 is 2.67 bits per heavy atom. The summed E-state index contributed by atoms with van der Waals surface area (Å²) in [6.45, 7) is 12.3. The van der Waals surface area contributed by atoms with E-state index in [1.165, 1.54) is 5.57 Å². The van der Waals surface area contributed by atoms with Gasteiger partial charge in [-0.15, -0.1) is 0 Å². The average Bonchev–Trinajstić information content (AvgIpc) is 2.26. The Bertz CT molecular complexity index is 266. The Hall–Kier alpha value is -1.02. The van der Waals surface area contributed by atoms with Gasteiger partial charge in [0.25, 0.3) is 0 Å². The lowest BCUT2D eigenvalue weighted by Gasteiger charge is -2.33. The molecule has 1 unspecified atom stereocenters. The smallest absolute Gasteiger partial charge is 0.0359 e. The van der Waals surface area contributed by atoms with Gasteiger partial charge in [-0.05, 0) is 13.3 Å². The van der Waals surface area contributed by atoms with Gasteiger partial charge in [0, 0.05) is 38.3 Å². The molecule has 1 aliphatic heterocycles. The molecule has 0 saturated carbocycles. The number of nitrogens with zero attached hydrogens (tertiary/aromatic N) is 1. The maximum atomic E-state index is 4.08. The minimum absolute atomic E-state index is 0.426. The molecule has 84 valence electrons. The normalized spacial score (nSPS) is 18.5. The molecule has 0 spiro atoms. The monoisotopic (exact) mass is 206 g/mol. The molecule has 0 amide bonds. The van der Waals surface area contributed by atoms with Crippen molar-refractivity contribution in [2.75, 3.05) is 20.1 Å². The van der Waals surface area contributed by atoms with Crippen molar-refractivity contribution in [2.24, 2.45) is 0 Å². The summed E-state index contributed by atoms with van der Waals surface area (Å²) in [5, 5.41) is 3.11. The number of nitrogens with one attached hydrogen (secondary N) is 1. The van der Waals surface area contributed by atoms with Gasteiger partial charge in [-0.3, -0.25) is 4.90 Å². The van der Waals surface area contributed by atoms with Crippen molar-refractivity contribution >= 4 is 0 Å². The zero-order chi connectivity index (χ0) is 11.3. The molecule has 15 heavy (non-hydrogen) atoms. The second-order valence-corrected chi connectivity index (χ2v) is 4.17. The Labute approximate surface area is 93.4 Å². The fourth-order valence-corrected chi connectivity index (χ4v) is 1.89. The van der Waals surface area contributed by atoms with E-state index in [-0.39, 0.29) is 0 Å². The number of hydrogen-bond donors (Lipinski definition) is 1. The summed E-state index contributed by atoms with van der Waals surface area (Å²) in [5.74, 6) is 0. The summed E-state index contributed by atoms with van der Waals surface area (Å²) in [7, 11) is 1.92. The second-order valence-electron chi connectivity index (χ2n) is 4.17. The van der Waals surface area contributed by atoms with Gasteiger partial charge < -0.3 is 5.32 Å². The topological polar surface area (TPSA) is 15.3 Å². The molecule has 1 heterocycles. The van der Waals surface area contributed by atoms with Gasteiger partial charge in [0.1, 0.15) is 0 Å². The number of hydrogen-bond acceptors (Lipinski definition) is 2. The van der Waals surface area contributed by atoms with E-state index < -0.39 is 0 Å². The van der Waals surface area contributed by atoms with Gasteiger partial charge >= 0.3 is 0 Å². The minimum Gasteiger partial charge on any atom is -0.392 e. The third-order valence-electron chi connectivity index (χ3n) is 2.89. The van der Waals surface area contributed by atoms with Crippen LogP contribution in [0.1, 0.15) is 19.8 Å². The van der Waals surface area contributed by atoms with Crippen LogP contribution in [-0.4, -0.2) is 31.1 Å². The van der Waals surface area contributed by atoms with Crippen LogP contribution in [0.4, 0.5) is 0 Å². The van der Waals surface area contributed by atoms with Crippen LogP contribution in [0.2, 0.25) is 0 Å². The van der Waals surface area contributed by atoms with Crippen LogP contribution in [-0.2, 0) is 0 Å². The first-order chi connectivity index (χ1) is 7.15. The molecule has 2 heteroatoms. The van der Waals surface area contributed by atoms with E-state index in [0.29, 0.717) is 6.04 Å². The zero-order valence-electron chi connectivity index (χ0n) is 9.92. The van der Waals surface area contributed by atoms with Gasteiger partial charge in [-0.2, -0.15) is 0 Å². The first kappa shape index (κ1) is 12.1. The van der Waals surface area contributed by atoms with E-state index in [0.717, 1.165) is 31.6 Å².